The van der Waals surface area contributed by atoms with Crippen LogP contribution in [0, 0.1) is 11.3 Å². The van der Waals surface area contributed by atoms with Crippen molar-refractivity contribution in [1.82, 2.24) is 0 Å². The summed E-state index contributed by atoms with van der Waals surface area (Å²) in [5.41, 5.74) is 0.175. The normalized spacial score (nSPS) is 27.1. The number of thiophene rings is 1. The number of ether oxygens (including phenoxy) is 1. The lowest BCUT2D eigenvalue weighted by Crippen LogP contribution is -2.35. The maximum Gasteiger partial charge on any atom is 0.340 e. The Kier molecular flexibility index (Phi) is 4.77. The first-order chi connectivity index (χ1) is 9.28. The average Bonchev–Trinajstić information content (AvgIpc) is 2.71. The second-order valence-electron chi connectivity index (χ2n) is 6.51. The van der Waals surface area contributed by atoms with Crippen LogP contribution in [0.25, 0.3) is 0 Å². The van der Waals surface area contributed by atoms with Gasteiger partial charge >= 0.3 is 5.97 Å². The zero-order valence-corrected chi connectivity index (χ0v) is 13.6. The molecule has 3 unspecified atom stereocenters. The predicted octanol–water partition coefficient (Wildman–Crippen LogP) is 4.19. The maximum absolute atomic E-state index is 12.1. The number of aliphatic hydroxyl groups is 1. The predicted molar refractivity (Wildman–Crippen MR) is 81.0 cm³/mol. The molecule has 3 nitrogen and oxygen atoms in total. The van der Waals surface area contributed by atoms with Gasteiger partial charge in [0.15, 0.2) is 6.10 Å². The molecule has 0 aliphatic heterocycles. The summed E-state index contributed by atoms with van der Waals surface area (Å²) in [5, 5.41) is 12.2. The molecule has 1 N–H and O–H groups in total. The Balaban J connectivity index is 1.99. The van der Waals surface area contributed by atoms with Crippen molar-refractivity contribution >= 4 is 28.9 Å². The van der Waals surface area contributed by atoms with Crippen LogP contribution in [0.2, 0.25) is 5.02 Å². The molecule has 0 spiro atoms. The van der Waals surface area contributed by atoms with E-state index in [0.29, 0.717) is 15.8 Å². The molecule has 1 saturated carbocycles. The summed E-state index contributed by atoms with van der Waals surface area (Å²) in [6.45, 7) is 6.56. The van der Waals surface area contributed by atoms with E-state index in [1.807, 2.05) is 0 Å². The van der Waals surface area contributed by atoms with Crippen LogP contribution in [0.1, 0.15) is 51.0 Å². The molecule has 5 heteroatoms. The third-order valence-electron chi connectivity index (χ3n) is 3.75. The van der Waals surface area contributed by atoms with E-state index in [-0.39, 0.29) is 11.5 Å². The van der Waals surface area contributed by atoms with Crippen molar-refractivity contribution < 1.29 is 14.6 Å². The molecule has 1 fully saturated rings. The second kappa shape index (κ2) is 6.04. The zero-order chi connectivity index (χ0) is 14.9. The van der Waals surface area contributed by atoms with E-state index in [4.69, 9.17) is 16.3 Å². The molecule has 0 amide bonds. The highest BCUT2D eigenvalue weighted by molar-refractivity contribution is 7.10. The molecule has 1 heterocycles. The first kappa shape index (κ1) is 15.8. The largest absolute Gasteiger partial charge is 0.460 e. The van der Waals surface area contributed by atoms with Gasteiger partial charge in [-0.05, 0) is 42.0 Å². The lowest BCUT2D eigenvalue weighted by atomic mass is 9.71. The molecular weight excluding hydrogens is 296 g/mol. The molecule has 1 aromatic rings. The molecule has 1 aliphatic carbocycles. The summed E-state index contributed by atoms with van der Waals surface area (Å²) in [6, 6.07) is 1.67. The van der Waals surface area contributed by atoms with E-state index in [2.05, 4.69) is 20.8 Å². The van der Waals surface area contributed by atoms with Crippen LogP contribution in [-0.4, -0.2) is 17.2 Å². The molecule has 3 atom stereocenters. The van der Waals surface area contributed by atoms with E-state index < -0.39 is 12.1 Å². The monoisotopic (exact) mass is 316 g/mol. The summed E-state index contributed by atoms with van der Waals surface area (Å²) in [6.07, 6.45) is 1.45. The van der Waals surface area contributed by atoms with Gasteiger partial charge in [0.1, 0.15) is 6.10 Å². The van der Waals surface area contributed by atoms with Gasteiger partial charge in [-0.15, -0.1) is 11.3 Å². The van der Waals surface area contributed by atoms with Crippen LogP contribution < -0.4 is 0 Å². The van der Waals surface area contributed by atoms with Gasteiger partial charge in [-0.3, -0.25) is 0 Å². The van der Waals surface area contributed by atoms with Crippen molar-refractivity contribution in [1.29, 1.82) is 0 Å². The van der Waals surface area contributed by atoms with Gasteiger partial charge in [0.05, 0.1) is 9.90 Å². The first-order valence-corrected chi connectivity index (χ1v) is 8.16. The number of esters is 1. The van der Waals surface area contributed by atoms with Crippen LogP contribution in [0.3, 0.4) is 0 Å². The number of halogens is 1. The average molecular weight is 317 g/mol. The van der Waals surface area contributed by atoms with Crippen molar-refractivity contribution in [2.24, 2.45) is 11.3 Å². The summed E-state index contributed by atoms with van der Waals surface area (Å²) >= 11 is 7.20. The number of rotatable bonds is 3. The minimum absolute atomic E-state index is 0.116. The Hall–Kier alpha value is -0.580. The molecule has 1 aromatic heterocycles. The third-order valence-corrected chi connectivity index (χ3v) is 5.16. The Bertz CT molecular complexity index is 483. The molecule has 2 rings (SSSR count). The van der Waals surface area contributed by atoms with Gasteiger partial charge in [-0.2, -0.15) is 0 Å². The number of carbonyl (C=O) groups is 1. The van der Waals surface area contributed by atoms with Crippen molar-refractivity contribution in [3.63, 3.8) is 0 Å². The number of hydrogen-bond acceptors (Lipinski definition) is 4. The number of hydrogen-bond donors (Lipinski definition) is 1. The van der Waals surface area contributed by atoms with Crippen LogP contribution in [0.15, 0.2) is 11.4 Å². The summed E-state index contributed by atoms with van der Waals surface area (Å²) < 4.78 is 5.50. The van der Waals surface area contributed by atoms with E-state index in [1.165, 1.54) is 11.3 Å². The van der Waals surface area contributed by atoms with Crippen LogP contribution >= 0.6 is 22.9 Å². The third kappa shape index (κ3) is 3.74. The highest BCUT2D eigenvalue weighted by Gasteiger charge is 2.35. The van der Waals surface area contributed by atoms with Gasteiger partial charge in [0.25, 0.3) is 0 Å². The smallest absolute Gasteiger partial charge is 0.340 e. The number of carbonyl (C=O) groups excluding carboxylic acids is 1. The van der Waals surface area contributed by atoms with Gasteiger partial charge in [-0.1, -0.05) is 32.4 Å². The topological polar surface area (TPSA) is 46.5 Å². The fraction of sp³-hybridized carbons (Fsp3) is 0.667. The maximum atomic E-state index is 12.1. The Labute approximate surface area is 128 Å². The van der Waals surface area contributed by atoms with Crippen LogP contribution in [-0.2, 0) is 9.53 Å². The lowest BCUT2D eigenvalue weighted by molar-refractivity contribution is -0.163. The quantitative estimate of drug-likeness (QED) is 0.850. The highest BCUT2D eigenvalue weighted by atomic mass is 35.5. The molecule has 0 aromatic carbocycles. The lowest BCUT2D eigenvalue weighted by Gasteiger charge is -2.38. The Morgan fingerprint density at radius 2 is 2.25 bits per heavy atom. The molecular formula is C15H21ClO3S. The Morgan fingerprint density at radius 1 is 1.55 bits per heavy atom. The van der Waals surface area contributed by atoms with E-state index >= 15 is 0 Å². The van der Waals surface area contributed by atoms with Crippen molar-refractivity contribution in [3.05, 3.63) is 21.3 Å². The van der Waals surface area contributed by atoms with Gasteiger partial charge in [0, 0.05) is 0 Å². The standard InChI is InChI=1S/C15H21ClO3S/c1-9-6-10(8-15(2,3)7-9)19-14(18)12(17)13-11(16)4-5-20-13/h4-5,9-10,12,17H,6-8H2,1-3H3. The fourth-order valence-electron chi connectivity index (χ4n) is 3.18. The van der Waals surface area contributed by atoms with Crippen LogP contribution in [0.4, 0.5) is 0 Å². The van der Waals surface area contributed by atoms with Crippen molar-refractivity contribution in [2.75, 3.05) is 0 Å². The van der Waals surface area contributed by atoms with E-state index in [9.17, 15) is 9.90 Å². The minimum Gasteiger partial charge on any atom is -0.460 e. The van der Waals surface area contributed by atoms with Gasteiger partial charge < -0.3 is 9.84 Å². The van der Waals surface area contributed by atoms with Gasteiger partial charge in [0.2, 0.25) is 0 Å². The number of aliphatic hydroxyl groups excluding tert-OH is 1. The molecule has 0 saturated heterocycles. The van der Waals surface area contributed by atoms with Crippen LogP contribution in [0.5, 0.6) is 0 Å². The van der Waals surface area contributed by atoms with E-state index in [1.54, 1.807) is 11.4 Å². The first-order valence-electron chi connectivity index (χ1n) is 6.90. The highest BCUT2D eigenvalue weighted by Crippen LogP contribution is 2.40. The molecule has 0 bridgehead atoms. The zero-order valence-electron chi connectivity index (χ0n) is 12.1. The SMILES string of the molecule is CC1CC(OC(=O)C(O)c2sccc2Cl)CC(C)(C)C1. The van der Waals surface area contributed by atoms with Gasteiger partial charge in [-0.25, -0.2) is 4.79 Å². The molecule has 20 heavy (non-hydrogen) atoms. The molecule has 1 aliphatic rings. The summed E-state index contributed by atoms with van der Waals surface area (Å²) in [5.74, 6) is -0.0664. The van der Waals surface area contributed by atoms with E-state index in [0.717, 1.165) is 19.3 Å². The Morgan fingerprint density at radius 3 is 2.80 bits per heavy atom. The summed E-state index contributed by atoms with van der Waals surface area (Å²) in [7, 11) is 0. The summed E-state index contributed by atoms with van der Waals surface area (Å²) in [4.78, 5) is 12.5. The minimum atomic E-state index is -1.28. The molecule has 112 valence electrons. The van der Waals surface area contributed by atoms with Crippen molar-refractivity contribution in [3.8, 4) is 0 Å². The fourth-order valence-corrected chi connectivity index (χ4v) is 4.32. The second-order valence-corrected chi connectivity index (χ2v) is 7.86. The van der Waals surface area contributed by atoms with Crippen molar-refractivity contribution in [2.45, 2.75) is 52.2 Å². The molecule has 0 radical (unpaired) electrons.